The van der Waals surface area contributed by atoms with Gasteiger partial charge in [0.15, 0.2) is 0 Å². The summed E-state index contributed by atoms with van der Waals surface area (Å²) in [5.41, 5.74) is 0. The van der Waals surface area contributed by atoms with E-state index in [9.17, 15) is 13.8 Å². The lowest BCUT2D eigenvalue weighted by atomic mass is 10.3. The molecule has 0 aliphatic heterocycles. The molecule has 0 aliphatic rings. The van der Waals surface area contributed by atoms with Crippen molar-refractivity contribution in [2.45, 2.75) is 32.6 Å². The number of aliphatic carboxylic acids is 1. The number of rotatable bonds is 12. The Hall–Kier alpha value is -0.950. The molecule has 0 fully saturated rings. The highest BCUT2D eigenvalue weighted by Crippen LogP contribution is 1.95. The summed E-state index contributed by atoms with van der Waals surface area (Å²) >= 11 is 0. The van der Waals surface area contributed by atoms with Crippen LogP contribution in [0.1, 0.15) is 32.6 Å². The van der Waals surface area contributed by atoms with E-state index < -0.39 is 22.7 Å². The fraction of sp³-hybridized carbons (Fsp3) is 0.833. The molecule has 0 rings (SSSR count). The first-order valence-electron chi connectivity index (χ1n) is 6.36. The molecule has 0 bridgehead atoms. The van der Waals surface area contributed by atoms with Crippen molar-refractivity contribution < 1.29 is 28.4 Å². The molecule has 0 saturated heterocycles. The lowest BCUT2D eigenvalue weighted by molar-refractivity contribution is -0.142. The Bertz CT molecular complexity index is 292. The molecule has 0 radical (unpaired) electrons. The van der Waals surface area contributed by atoms with Crippen LogP contribution in [-0.2, 0) is 29.9 Å². The third kappa shape index (κ3) is 13.3. The van der Waals surface area contributed by atoms with Gasteiger partial charge in [-0.15, -0.1) is 0 Å². The van der Waals surface area contributed by atoms with Crippen LogP contribution in [-0.4, -0.2) is 52.6 Å². The molecule has 0 aliphatic carbocycles. The topological polar surface area (TPSA) is 89.9 Å². The van der Waals surface area contributed by atoms with Crippen molar-refractivity contribution in [1.82, 2.24) is 0 Å². The van der Waals surface area contributed by atoms with Gasteiger partial charge in [-0.2, -0.15) is 0 Å². The van der Waals surface area contributed by atoms with Crippen molar-refractivity contribution in [3.8, 4) is 0 Å². The highest BCUT2D eigenvalue weighted by atomic mass is 32.2. The highest BCUT2D eigenvalue weighted by Gasteiger charge is 2.09. The summed E-state index contributed by atoms with van der Waals surface area (Å²) in [5, 5.41) is 8.41. The number of hydrogen-bond acceptors (Lipinski definition) is 5. The summed E-state index contributed by atoms with van der Waals surface area (Å²) in [5.74, 6) is -1.44. The Morgan fingerprint density at radius 1 is 1.16 bits per heavy atom. The number of unbranched alkanes of at least 4 members (excludes halogenated alkanes) is 1. The van der Waals surface area contributed by atoms with E-state index in [1.807, 2.05) is 0 Å². The molecule has 112 valence electrons. The smallest absolute Gasteiger partial charge is 0.318 e. The summed E-state index contributed by atoms with van der Waals surface area (Å²) in [6.45, 7) is 3.21. The van der Waals surface area contributed by atoms with E-state index in [1.54, 1.807) is 0 Å². The van der Waals surface area contributed by atoms with E-state index in [0.717, 1.165) is 12.8 Å². The van der Waals surface area contributed by atoms with E-state index in [1.165, 1.54) is 0 Å². The number of hydrogen-bond donors (Lipinski definition) is 1. The van der Waals surface area contributed by atoms with Crippen molar-refractivity contribution in [2.24, 2.45) is 0 Å². The SMILES string of the molecule is CCCCOCCOC(=O)CS(=O)CCCC(=O)O. The van der Waals surface area contributed by atoms with Crippen LogP contribution in [0, 0.1) is 0 Å². The molecule has 1 unspecified atom stereocenters. The van der Waals surface area contributed by atoms with Gasteiger partial charge >= 0.3 is 11.9 Å². The molecular formula is C12H22O6S. The lowest BCUT2D eigenvalue weighted by Crippen LogP contribution is -2.18. The van der Waals surface area contributed by atoms with Gasteiger partial charge in [-0.05, 0) is 12.8 Å². The van der Waals surface area contributed by atoms with Crippen molar-refractivity contribution in [2.75, 3.05) is 31.3 Å². The zero-order valence-electron chi connectivity index (χ0n) is 11.3. The Balaban J connectivity index is 3.46. The van der Waals surface area contributed by atoms with Gasteiger partial charge in [0.25, 0.3) is 0 Å². The molecule has 19 heavy (non-hydrogen) atoms. The zero-order valence-corrected chi connectivity index (χ0v) is 12.1. The third-order valence-electron chi connectivity index (χ3n) is 2.17. The second-order valence-corrected chi connectivity index (χ2v) is 5.55. The van der Waals surface area contributed by atoms with Crippen LogP contribution in [0.3, 0.4) is 0 Å². The zero-order chi connectivity index (χ0) is 14.5. The van der Waals surface area contributed by atoms with Gasteiger partial charge in [0, 0.05) is 29.6 Å². The first kappa shape index (κ1) is 18.0. The van der Waals surface area contributed by atoms with Crippen molar-refractivity contribution in [3.63, 3.8) is 0 Å². The van der Waals surface area contributed by atoms with Gasteiger partial charge in [0.1, 0.15) is 12.4 Å². The highest BCUT2D eigenvalue weighted by molar-refractivity contribution is 7.85. The van der Waals surface area contributed by atoms with Crippen LogP contribution >= 0.6 is 0 Å². The van der Waals surface area contributed by atoms with Crippen LogP contribution in [0.4, 0.5) is 0 Å². The minimum atomic E-state index is -1.36. The van der Waals surface area contributed by atoms with E-state index in [4.69, 9.17) is 14.6 Å². The average molecular weight is 294 g/mol. The Kier molecular flexibility index (Phi) is 11.5. The molecule has 0 heterocycles. The number of carboxylic acid groups (broad SMARTS) is 1. The monoisotopic (exact) mass is 294 g/mol. The molecule has 0 aromatic heterocycles. The maximum Gasteiger partial charge on any atom is 0.318 e. The second kappa shape index (κ2) is 12.1. The lowest BCUT2D eigenvalue weighted by Gasteiger charge is -2.05. The molecule has 6 nitrogen and oxygen atoms in total. The van der Waals surface area contributed by atoms with Crippen molar-refractivity contribution >= 4 is 22.7 Å². The Labute approximate surface area is 115 Å². The van der Waals surface area contributed by atoms with Crippen molar-refractivity contribution in [3.05, 3.63) is 0 Å². The van der Waals surface area contributed by atoms with Gasteiger partial charge < -0.3 is 14.6 Å². The summed E-state index contributed by atoms with van der Waals surface area (Å²) < 4.78 is 21.4. The quantitative estimate of drug-likeness (QED) is 0.426. The normalized spacial score (nSPS) is 12.1. The number of carbonyl (C=O) groups is 2. The van der Waals surface area contributed by atoms with Gasteiger partial charge in [-0.25, -0.2) is 0 Å². The summed E-state index contributed by atoms with van der Waals surface area (Å²) in [6.07, 6.45) is 2.29. The first-order chi connectivity index (χ1) is 9.06. The molecular weight excluding hydrogens is 272 g/mol. The molecule has 0 saturated carbocycles. The number of ether oxygens (including phenoxy) is 2. The average Bonchev–Trinajstić information content (AvgIpc) is 2.33. The van der Waals surface area contributed by atoms with Gasteiger partial charge in [-0.1, -0.05) is 13.3 Å². The predicted octanol–water partition coefficient (Wildman–Crippen LogP) is 0.960. The van der Waals surface area contributed by atoms with E-state index in [-0.39, 0.29) is 24.5 Å². The largest absolute Gasteiger partial charge is 0.481 e. The van der Waals surface area contributed by atoms with Gasteiger partial charge in [0.05, 0.1) is 6.61 Å². The van der Waals surface area contributed by atoms with Crippen LogP contribution < -0.4 is 0 Å². The van der Waals surface area contributed by atoms with E-state index in [2.05, 4.69) is 6.92 Å². The van der Waals surface area contributed by atoms with Crippen molar-refractivity contribution in [1.29, 1.82) is 0 Å². The van der Waals surface area contributed by atoms with Crippen LogP contribution in [0.2, 0.25) is 0 Å². The summed E-state index contributed by atoms with van der Waals surface area (Å²) in [7, 11) is -1.36. The van der Waals surface area contributed by atoms with Gasteiger partial charge in [0.2, 0.25) is 0 Å². The second-order valence-electron chi connectivity index (χ2n) is 3.97. The van der Waals surface area contributed by atoms with Crippen LogP contribution in [0.5, 0.6) is 0 Å². The van der Waals surface area contributed by atoms with Gasteiger partial charge in [-0.3, -0.25) is 13.8 Å². The van der Waals surface area contributed by atoms with E-state index in [0.29, 0.717) is 19.6 Å². The number of esters is 1. The van der Waals surface area contributed by atoms with Crippen LogP contribution in [0.25, 0.3) is 0 Å². The standard InChI is InChI=1S/C12H22O6S/c1-2-3-6-17-7-8-18-12(15)10-19(16)9-4-5-11(13)14/h2-10H2,1H3,(H,13,14). The first-order valence-corrected chi connectivity index (χ1v) is 7.85. The molecule has 1 atom stereocenters. The third-order valence-corrected chi connectivity index (χ3v) is 3.48. The predicted molar refractivity (Wildman–Crippen MR) is 71.4 cm³/mol. The maximum absolute atomic E-state index is 11.4. The number of carbonyl (C=O) groups excluding carboxylic acids is 1. The molecule has 1 N–H and O–H groups in total. The van der Waals surface area contributed by atoms with Crippen LogP contribution in [0.15, 0.2) is 0 Å². The minimum absolute atomic E-state index is 0.0357. The molecule has 0 aromatic rings. The Morgan fingerprint density at radius 2 is 1.89 bits per heavy atom. The minimum Gasteiger partial charge on any atom is -0.481 e. The molecule has 0 spiro atoms. The summed E-state index contributed by atoms with van der Waals surface area (Å²) in [4.78, 5) is 21.5. The molecule has 0 amide bonds. The number of carboxylic acids is 1. The van der Waals surface area contributed by atoms with E-state index >= 15 is 0 Å². The maximum atomic E-state index is 11.4. The summed E-state index contributed by atoms with van der Waals surface area (Å²) in [6, 6.07) is 0. The molecule has 7 heteroatoms. The fourth-order valence-corrected chi connectivity index (χ4v) is 2.15. The molecule has 0 aromatic carbocycles. The Morgan fingerprint density at radius 3 is 2.53 bits per heavy atom. The fourth-order valence-electron chi connectivity index (χ4n) is 1.19.